The van der Waals surface area contributed by atoms with Gasteiger partial charge in [-0.3, -0.25) is 0 Å². The van der Waals surface area contributed by atoms with Gasteiger partial charge in [-0.1, -0.05) is 5.11 Å². The van der Waals surface area contributed by atoms with Crippen LogP contribution < -0.4 is 0 Å². The fourth-order valence-corrected chi connectivity index (χ4v) is 2.03. The molecule has 0 aromatic rings. The Morgan fingerprint density at radius 3 is 2.65 bits per heavy atom. The second kappa shape index (κ2) is 4.41. The molecule has 0 aromatic heterocycles. The minimum atomic E-state index is -1.17. The van der Waals surface area contributed by atoms with Crippen molar-refractivity contribution in [1.29, 1.82) is 0 Å². The van der Waals surface area contributed by atoms with Gasteiger partial charge in [0.1, 0.15) is 18.3 Å². The van der Waals surface area contributed by atoms with E-state index in [4.69, 9.17) is 19.7 Å². The molecule has 2 rings (SSSR count). The van der Waals surface area contributed by atoms with Crippen molar-refractivity contribution in [3.63, 3.8) is 0 Å². The lowest BCUT2D eigenvalue weighted by atomic mass is 9.99. The molecule has 0 bridgehead atoms. The lowest BCUT2D eigenvalue weighted by Gasteiger charge is -2.37. The van der Waals surface area contributed by atoms with Crippen LogP contribution in [-0.4, -0.2) is 53.3 Å². The maximum atomic E-state index is 9.88. The average molecular weight is 245 g/mol. The van der Waals surface area contributed by atoms with E-state index in [9.17, 15) is 10.2 Å². The van der Waals surface area contributed by atoms with Crippen molar-refractivity contribution < 1.29 is 24.4 Å². The maximum Gasteiger partial charge on any atom is 0.190 e. The topological polar surface area (TPSA) is 117 Å². The molecule has 2 aliphatic rings. The van der Waals surface area contributed by atoms with Gasteiger partial charge in [-0.2, -0.15) is 0 Å². The van der Waals surface area contributed by atoms with Crippen LogP contribution in [0.4, 0.5) is 0 Å². The maximum absolute atomic E-state index is 9.88. The molecule has 0 radical (unpaired) electrons. The largest absolute Gasteiger partial charge is 0.388 e. The molecular formula is C9H15N3O5. The average Bonchev–Trinajstić information content (AvgIpc) is 2.57. The van der Waals surface area contributed by atoms with E-state index in [1.807, 2.05) is 0 Å². The van der Waals surface area contributed by atoms with Gasteiger partial charge in [0.15, 0.2) is 12.1 Å². The monoisotopic (exact) mass is 245 g/mol. The Hall–Kier alpha value is -0.890. The summed E-state index contributed by atoms with van der Waals surface area (Å²) in [4.78, 5) is 2.58. The van der Waals surface area contributed by atoms with E-state index in [-0.39, 0.29) is 6.54 Å². The van der Waals surface area contributed by atoms with E-state index in [2.05, 4.69) is 10.0 Å². The number of azide groups is 1. The summed E-state index contributed by atoms with van der Waals surface area (Å²) in [6.45, 7) is 3.31. The first kappa shape index (κ1) is 12.6. The van der Waals surface area contributed by atoms with Crippen LogP contribution in [0.15, 0.2) is 5.11 Å². The summed E-state index contributed by atoms with van der Waals surface area (Å²) in [6, 6.07) is 0. The van der Waals surface area contributed by atoms with Crippen molar-refractivity contribution in [3.8, 4) is 0 Å². The first-order chi connectivity index (χ1) is 7.94. The van der Waals surface area contributed by atoms with Gasteiger partial charge in [0.25, 0.3) is 0 Å². The Labute approximate surface area is 97.7 Å². The van der Waals surface area contributed by atoms with Crippen molar-refractivity contribution in [2.75, 3.05) is 6.54 Å². The summed E-state index contributed by atoms with van der Waals surface area (Å²) >= 11 is 0. The zero-order valence-corrected chi connectivity index (χ0v) is 9.55. The van der Waals surface area contributed by atoms with Crippen molar-refractivity contribution in [1.82, 2.24) is 0 Å². The summed E-state index contributed by atoms with van der Waals surface area (Å²) in [5.74, 6) is -0.872. The summed E-state index contributed by atoms with van der Waals surface area (Å²) in [7, 11) is 0. The fraction of sp³-hybridized carbons (Fsp3) is 1.00. The molecule has 2 aliphatic heterocycles. The van der Waals surface area contributed by atoms with Crippen LogP contribution in [0.25, 0.3) is 10.4 Å². The van der Waals surface area contributed by atoms with Gasteiger partial charge in [0.05, 0.1) is 12.6 Å². The van der Waals surface area contributed by atoms with Crippen LogP contribution in [0.5, 0.6) is 0 Å². The highest BCUT2D eigenvalue weighted by Gasteiger charge is 2.53. The summed E-state index contributed by atoms with van der Waals surface area (Å²) in [5.41, 5.74) is 8.22. The van der Waals surface area contributed by atoms with E-state index in [0.717, 1.165) is 0 Å². The molecule has 8 heteroatoms. The van der Waals surface area contributed by atoms with Gasteiger partial charge in [-0.15, -0.1) is 0 Å². The smallest absolute Gasteiger partial charge is 0.190 e. The van der Waals surface area contributed by atoms with Crippen molar-refractivity contribution in [3.05, 3.63) is 10.4 Å². The molecular weight excluding hydrogens is 230 g/mol. The molecule has 17 heavy (non-hydrogen) atoms. The number of aliphatic hydroxyl groups is 2. The third-order valence-corrected chi connectivity index (χ3v) is 2.79. The predicted octanol–water partition coefficient (Wildman–Crippen LogP) is -0.105. The summed E-state index contributed by atoms with van der Waals surface area (Å²) in [6.07, 6.45) is -4.59. The molecule has 96 valence electrons. The Morgan fingerprint density at radius 2 is 2.00 bits per heavy atom. The molecule has 2 heterocycles. The minimum absolute atomic E-state index is 0.0677. The van der Waals surface area contributed by atoms with Crippen LogP contribution >= 0.6 is 0 Å². The van der Waals surface area contributed by atoms with Crippen molar-refractivity contribution >= 4 is 0 Å². The highest BCUT2D eigenvalue weighted by atomic mass is 16.8. The number of hydrogen-bond acceptors (Lipinski definition) is 6. The number of nitrogens with zero attached hydrogens (tertiary/aromatic N) is 3. The quantitative estimate of drug-likeness (QED) is 0.400. The van der Waals surface area contributed by atoms with Gasteiger partial charge >= 0.3 is 0 Å². The second-order valence-electron chi connectivity index (χ2n) is 4.54. The van der Waals surface area contributed by atoms with Gasteiger partial charge in [-0.05, 0) is 19.4 Å². The van der Waals surface area contributed by atoms with Crippen molar-refractivity contribution in [2.24, 2.45) is 5.11 Å². The van der Waals surface area contributed by atoms with Gasteiger partial charge in [-0.25, -0.2) is 0 Å². The second-order valence-corrected chi connectivity index (χ2v) is 4.54. The molecule has 0 aliphatic carbocycles. The number of rotatable bonds is 2. The lowest BCUT2D eigenvalue weighted by molar-refractivity contribution is -0.247. The highest BCUT2D eigenvalue weighted by Crippen LogP contribution is 2.36. The fourth-order valence-electron chi connectivity index (χ4n) is 2.03. The van der Waals surface area contributed by atoms with Crippen LogP contribution in [0.1, 0.15) is 13.8 Å². The lowest BCUT2D eigenvalue weighted by Crippen LogP contribution is -2.57. The Bertz CT molecular complexity index is 344. The zero-order valence-electron chi connectivity index (χ0n) is 9.55. The number of ether oxygens (including phenoxy) is 3. The number of fused-ring (bicyclic) bond motifs is 1. The number of hydrogen-bond donors (Lipinski definition) is 2. The molecule has 0 aromatic carbocycles. The van der Waals surface area contributed by atoms with Gasteiger partial charge in [0, 0.05) is 4.91 Å². The summed E-state index contributed by atoms with van der Waals surface area (Å²) < 4.78 is 16.3. The Kier molecular flexibility index (Phi) is 3.26. The van der Waals surface area contributed by atoms with Crippen molar-refractivity contribution in [2.45, 2.75) is 50.3 Å². The SMILES string of the molecule is CC1(C)OC2OC(CN=[N+]=[N-])C(O)C(O)C2O1. The van der Waals surface area contributed by atoms with E-state index in [0.29, 0.717) is 0 Å². The molecule has 0 saturated carbocycles. The minimum Gasteiger partial charge on any atom is -0.388 e. The first-order valence-electron chi connectivity index (χ1n) is 5.33. The van der Waals surface area contributed by atoms with Crippen LogP contribution in [-0.2, 0) is 14.2 Å². The predicted molar refractivity (Wildman–Crippen MR) is 54.7 cm³/mol. The number of aliphatic hydroxyl groups excluding tert-OH is 2. The highest BCUT2D eigenvalue weighted by molar-refractivity contribution is 4.94. The Morgan fingerprint density at radius 1 is 1.29 bits per heavy atom. The third kappa shape index (κ3) is 2.37. The normalized spacial score (nSPS) is 43.9. The van der Waals surface area contributed by atoms with E-state index < -0.39 is 36.5 Å². The van der Waals surface area contributed by atoms with Gasteiger partial charge < -0.3 is 24.4 Å². The molecule has 0 spiro atoms. The van der Waals surface area contributed by atoms with E-state index in [1.165, 1.54) is 0 Å². The van der Waals surface area contributed by atoms with E-state index >= 15 is 0 Å². The molecule has 5 atom stereocenters. The Balaban J connectivity index is 2.10. The summed E-state index contributed by atoms with van der Waals surface area (Å²) in [5, 5.41) is 23.0. The molecule has 2 saturated heterocycles. The van der Waals surface area contributed by atoms with Crippen LogP contribution in [0.3, 0.4) is 0 Å². The molecule has 0 amide bonds. The molecule has 8 nitrogen and oxygen atoms in total. The standard InChI is InChI=1S/C9H15N3O5/c1-9(2)16-7-6(14)5(13)4(3-11-12-10)15-8(7)17-9/h4-8,13-14H,3H2,1-2H3. The van der Waals surface area contributed by atoms with Gasteiger partial charge in [0.2, 0.25) is 0 Å². The molecule has 2 fully saturated rings. The first-order valence-corrected chi connectivity index (χ1v) is 5.33. The molecule has 5 unspecified atom stereocenters. The third-order valence-electron chi connectivity index (χ3n) is 2.79. The molecule has 2 N–H and O–H groups in total. The van der Waals surface area contributed by atoms with Crippen LogP contribution in [0.2, 0.25) is 0 Å². The van der Waals surface area contributed by atoms with E-state index in [1.54, 1.807) is 13.8 Å². The zero-order chi connectivity index (χ0) is 12.6. The van der Waals surface area contributed by atoms with Crippen LogP contribution in [0, 0.1) is 0 Å².